The molecule has 0 aliphatic rings. The second-order valence-corrected chi connectivity index (χ2v) is 22.8. The third-order valence-electron chi connectivity index (χ3n) is 8.72. The fraction of sp³-hybridized carbons (Fsp3) is 0.537. The number of amides is 1. The number of hydrogen-bond acceptors (Lipinski definition) is 22. The number of methoxy groups -OCH3 is 2. The summed E-state index contributed by atoms with van der Waals surface area (Å²) in [6.45, 7) is 21.4. The number of nitrogens with one attached hydrogen (secondary N) is 2. The largest absolute Gasteiger partial charge is 0.497 e. The second kappa shape index (κ2) is 54.7. The van der Waals surface area contributed by atoms with Gasteiger partial charge in [0.1, 0.15) is 30.2 Å². The molecule has 0 aromatic heterocycles. The van der Waals surface area contributed by atoms with Crippen molar-refractivity contribution < 1.29 is 79.8 Å². The van der Waals surface area contributed by atoms with Crippen LogP contribution in [0.2, 0.25) is 0 Å². The highest BCUT2D eigenvalue weighted by molar-refractivity contribution is 7.82. The molecular weight excluding hydrogens is 1210 g/mol. The van der Waals surface area contributed by atoms with Gasteiger partial charge in [-0.25, -0.2) is 8.98 Å². The third kappa shape index (κ3) is 66.2. The lowest BCUT2D eigenvalue weighted by atomic mass is 10.1. The first-order chi connectivity index (χ1) is 37.4. The molecule has 460 valence electrons. The number of benzene rings is 2. The van der Waals surface area contributed by atoms with Crippen molar-refractivity contribution in [1.82, 2.24) is 10.6 Å². The van der Waals surface area contributed by atoms with Gasteiger partial charge in [-0.15, -0.1) is 0 Å². The lowest BCUT2D eigenvalue weighted by molar-refractivity contribution is -0.142. The Hall–Kier alpha value is -4.52. The Morgan fingerprint density at radius 2 is 0.951 bits per heavy atom. The van der Waals surface area contributed by atoms with E-state index in [0.29, 0.717) is 55.7 Å². The number of aliphatic carboxylic acids is 3. The minimum atomic E-state index is -3.68. The number of carboxylic acid groups (broad SMARTS) is 3. The number of hydrogen-bond donors (Lipinski definition) is 5. The first kappa shape index (κ1) is 87.7. The number of carbonyl (C=O) groups is 6. The van der Waals surface area contributed by atoms with Crippen molar-refractivity contribution >= 4 is 166 Å². The predicted octanol–water partition coefficient (Wildman–Crippen LogP) is 10.5. The van der Waals surface area contributed by atoms with E-state index in [1.807, 2.05) is 77.9 Å². The van der Waals surface area contributed by atoms with E-state index >= 15 is 0 Å². The standard InChI is InChI=1S/C10H10O2S.C9H10OS.C8H13NO3S.C7H13NO2S.C7H12O2S.C5H8O2S.C4H10O4S.C4H8OS/c1-7(13)9-3-5-10(6-4-9)12-8(2)11;1-7(11)8-3-5-9(10-2)6-4-8;1-5(13)3-4-7(8(11)12)9-6(2)10;1-5(11)3-4-6(8-2)7(9)10;1-5(7(8)9)3-4-6(2)10;1-4(8)3-7-5(2)6;1-3-4-8-9(5,6)7-2;1-4(6)3-5-2/h3-6H,1-2H3;3-6H,1-2H3;7H,3-4H2,1-2H3,(H,9,10)(H,11,12);6,8H,3-4H2,1-2H3,(H,9,10);5H,3-4H2,1-2H3,(H,8,9);3H2,1-2H3;3-4H2,1-2H3;3H2,1-2H3. The first-order valence-electron chi connectivity index (χ1n) is 24.5. The normalized spacial score (nSPS) is 10.7. The molecule has 0 bridgehead atoms. The molecule has 81 heavy (non-hydrogen) atoms. The zero-order valence-electron chi connectivity index (χ0n) is 49.2. The Morgan fingerprint density at radius 1 is 0.556 bits per heavy atom. The van der Waals surface area contributed by atoms with Gasteiger partial charge in [0.15, 0.2) is 0 Å². The fourth-order valence-corrected chi connectivity index (χ4v) is 5.79. The molecule has 0 radical (unpaired) electrons. The number of esters is 2. The van der Waals surface area contributed by atoms with Crippen molar-refractivity contribution in [1.29, 1.82) is 0 Å². The van der Waals surface area contributed by atoms with E-state index in [0.717, 1.165) is 59.6 Å². The summed E-state index contributed by atoms with van der Waals surface area (Å²) >= 11 is 33.7. The van der Waals surface area contributed by atoms with E-state index in [4.69, 9.17) is 85.9 Å². The van der Waals surface area contributed by atoms with Crippen LogP contribution in [0.4, 0.5) is 0 Å². The van der Waals surface area contributed by atoms with Crippen LogP contribution in [0, 0.1) is 5.92 Å². The summed E-state index contributed by atoms with van der Waals surface area (Å²) in [5.41, 5.74) is 2.06. The van der Waals surface area contributed by atoms with Crippen LogP contribution in [0.5, 0.6) is 11.5 Å². The highest BCUT2D eigenvalue weighted by Gasteiger charge is 2.18. The van der Waals surface area contributed by atoms with Crippen LogP contribution < -0.4 is 20.1 Å². The fourth-order valence-electron chi connectivity index (χ4n) is 4.52. The molecule has 0 heterocycles. The number of rotatable bonds is 26. The van der Waals surface area contributed by atoms with Crippen molar-refractivity contribution in [2.45, 2.75) is 140 Å². The molecule has 2 rings (SSSR count). The van der Waals surface area contributed by atoms with Crippen LogP contribution in [-0.2, 0) is 57.0 Å². The molecule has 5 N–H and O–H groups in total. The Kier molecular flexibility index (Phi) is 59.3. The molecule has 0 spiro atoms. The number of thiocarbonyl (C=S) groups is 7. The summed E-state index contributed by atoms with van der Waals surface area (Å²) in [4.78, 5) is 68.4. The van der Waals surface area contributed by atoms with E-state index < -0.39 is 40.4 Å². The lowest BCUT2D eigenvalue weighted by Crippen LogP contribution is -2.39. The van der Waals surface area contributed by atoms with E-state index in [1.54, 1.807) is 54.2 Å². The molecule has 2 aromatic carbocycles. The van der Waals surface area contributed by atoms with Crippen LogP contribution in [0.3, 0.4) is 0 Å². The average molecular weight is 1290 g/mol. The second-order valence-electron chi connectivity index (χ2n) is 16.7. The zero-order valence-corrected chi connectivity index (χ0v) is 55.8. The lowest BCUT2D eigenvalue weighted by Gasteiger charge is -2.12. The van der Waals surface area contributed by atoms with Gasteiger partial charge >= 0.3 is 40.2 Å². The van der Waals surface area contributed by atoms with Crippen LogP contribution >= 0.6 is 85.5 Å². The third-order valence-corrected chi connectivity index (χ3v) is 10.9. The molecular formula is C54H84N2O17S8. The predicted molar refractivity (Wildman–Crippen MR) is 348 cm³/mol. The van der Waals surface area contributed by atoms with Gasteiger partial charge < -0.3 is 44.9 Å². The summed E-state index contributed by atoms with van der Waals surface area (Å²) in [6.07, 6.45) is 4.20. The van der Waals surface area contributed by atoms with Crippen molar-refractivity contribution in [3.63, 3.8) is 0 Å². The van der Waals surface area contributed by atoms with Gasteiger partial charge in [-0.05, 0) is 150 Å². The molecule has 0 saturated heterocycles. The van der Waals surface area contributed by atoms with Gasteiger partial charge in [-0.3, -0.25) is 28.2 Å². The quantitative estimate of drug-likeness (QED) is 0.0253. The summed E-state index contributed by atoms with van der Waals surface area (Å²) in [7, 11) is 2.30. The average Bonchev–Trinajstić information content (AvgIpc) is 3.36. The summed E-state index contributed by atoms with van der Waals surface area (Å²) < 4.78 is 48.0. The summed E-state index contributed by atoms with van der Waals surface area (Å²) in [5.74, 6) is -2.36. The molecule has 0 aliphatic carbocycles. The molecule has 1 amide bonds. The van der Waals surface area contributed by atoms with E-state index in [1.165, 1.54) is 20.8 Å². The molecule has 0 fully saturated rings. The van der Waals surface area contributed by atoms with Crippen molar-refractivity contribution in [2.75, 3.05) is 48.2 Å². The molecule has 0 aliphatic heterocycles. The highest BCUT2D eigenvalue weighted by Crippen LogP contribution is 2.14. The molecule has 3 atom stereocenters. The SMILES string of the molecule is CC(=O)NC(CCC(C)=S)C(=O)O.CC(=O)OCC(C)=S.CC(=O)Oc1ccc(C(C)=S)cc1.CC(=S)CCC(C)C(=O)O.CCCOS(=O)(=O)OC.CNC(CCC(C)=S)C(=O)O.COCC(C)=S.COc1ccc(C(C)=S)cc1. The van der Waals surface area contributed by atoms with Gasteiger partial charge in [0.2, 0.25) is 5.91 Å². The maximum atomic E-state index is 10.6. The van der Waals surface area contributed by atoms with E-state index in [-0.39, 0.29) is 37.0 Å². The molecule has 2 aromatic rings. The highest BCUT2D eigenvalue weighted by atomic mass is 32.3. The first-order valence-corrected chi connectivity index (χ1v) is 28.7. The smallest absolute Gasteiger partial charge is 0.399 e. The van der Waals surface area contributed by atoms with Gasteiger partial charge in [-0.2, -0.15) is 8.42 Å². The van der Waals surface area contributed by atoms with E-state index in [9.17, 15) is 37.2 Å². The molecule has 27 heteroatoms. The zero-order chi connectivity index (χ0) is 64.4. The summed E-state index contributed by atoms with van der Waals surface area (Å²) in [6, 6.07) is 13.6. The topological polar surface area (TPSA) is 277 Å². The van der Waals surface area contributed by atoms with Crippen molar-refractivity contribution in [2.24, 2.45) is 5.92 Å². The maximum Gasteiger partial charge on any atom is 0.399 e. The van der Waals surface area contributed by atoms with Crippen molar-refractivity contribution in [3.8, 4) is 11.5 Å². The maximum absolute atomic E-state index is 10.6. The van der Waals surface area contributed by atoms with Gasteiger partial charge in [0.05, 0.1) is 33.4 Å². The van der Waals surface area contributed by atoms with Crippen LogP contribution in [0.1, 0.15) is 139 Å². The van der Waals surface area contributed by atoms with Gasteiger partial charge in [0.25, 0.3) is 0 Å². The number of carboxylic acids is 3. The molecule has 19 nitrogen and oxygen atoms in total. The minimum absolute atomic E-state index is 0.177. The van der Waals surface area contributed by atoms with E-state index in [2.05, 4.69) is 52.9 Å². The minimum Gasteiger partial charge on any atom is -0.497 e. The van der Waals surface area contributed by atoms with Crippen LogP contribution in [0.15, 0.2) is 48.5 Å². The monoisotopic (exact) mass is 1290 g/mol. The van der Waals surface area contributed by atoms with Gasteiger partial charge in [0, 0.05) is 47.3 Å². The number of ether oxygens (including phenoxy) is 4. The Balaban J connectivity index is -0.000000200. The van der Waals surface area contributed by atoms with Crippen molar-refractivity contribution in [3.05, 3.63) is 59.7 Å². The Labute approximate surface area is 518 Å². The molecule has 3 unspecified atom stereocenters. The van der Waals surface area contributed by atoms with Gasteiger partial charge in [-0.1, -0.05) is 124 Å². The van der Waals surface area contributed by atoms with Crippen LogP contribution in [0.25, 0.3) is 0 Å². The molecule has 0 saturated carbocycles. The Bertz CT molecular complexity index is 2350. The van der Waals surface area contributed by atoms with Crippen LogP contribution in [-0.4, -0.2) is 154 Å². The number of carbonyl (C=O) groups excluding carboxylic acids is 3. The number of likely N-dealkylation sites (N-methyl/N-ethyl adjacent to an activating group) is 1. The Morgan fingerprint density at radius 3 is 1.20 bits per heavy atom. The summed E-state index contributed by atoms with van der Waals surface area (Å²) in [5, 5.41) is 30.7.